The van der Waals surface area contributed by atoms with Crippen molar-refractivity contribution in [1.29, 1.82) is 0 Å². The summed E-state index contributed by atoms with van der Waals surface area (Å²) in [5, 5.41) is 0.765. The monoisotopic (exact) mass is 500 g/mol. The van der Waals surface area contributed by atoms with Gasteiger partial charge in [0.05, 0.1) is 16.2 Å². The molecular formula is C27H24N4O4S. The number of hydrogen-bond donors (Lipinski definition) is 0. The summed E-state index contributed by atoms with van der Waals surface area (Å²) in [6.45, 7) is 1.69. The molecule has 4 aromatic rings. The molecule has 1 saturated heterocycles. The van der Waals surface area contributed by atoms with Crippen LogP contribution in [0.2, 0.25) is 0 Å². The number of amides is 2. The first-order valence-electron chi connectivity index (χ1n) is 11.6. The van der Waals surface area contributed by atoms with Gasteiger partial charge in [0.1, 0.15) is 5.69 Å². The van der Waals surface area contributed by atoms with Gasteiger partial charge >= 0.3 is 0 Å². The zero-order valence-corrected chi connectivity index (χ0v) is 20.3. The Labute approximate surface area is 209 Å². The third kappa shape index (κ3) is 4.83. The lowest BCUT2D eigenvalue weighted by Gasteiger charge is -2.34. The first-order valence-corrected chi connectivity index (χ1v) is 13.2. The molecule has 5 rings (SSSR count). The van der Waals surface area contributed by atoms with Crippen molar-refractivity contribution in [3.8, 4) is 0 Å². The summed E-state index contributed by atoms with van der Waals surface area (Å²) in [7, 11) is -3.63. The van der Waals surface area contributed by atoms with Crippen molar-refractivity contribution in [3.63, 3.8) is 0 Å². The lowest BCUT2D eigenvalue weighted by Crippen LogP contribution is -2.50. The van der Waals surface area contributed by atoms with Gasteiger partial charge < -0.3 is 9.80 Å². The first kappa shape index (κ1) is 23.6. The Morgan fingerprint density at radius 3 is 2.08 bits per heavy atom. The molecule has 0 bridgehead atoms. The fourth-order valence-electron chi connectivity index (χ4n) is 4.31. The molecule has 3 heterocycles. The summed E-state index contributed by atoms with van der Waals surface area (Å²) >= 11 is 0. The van der Waals surface area contributed by atoms with E-state index in [9.17, 15) is 18.0 Å². The van der Waals surface area contributed by atoms with E-state index in [4.69, 9.17) is 0 Å². The minimum absolute atomic E-state index is 0.144. The van der Waals surface area contributed by atoms with Crippen LogP contribution in [-0.4, -0.2) is 66.2 Å². The highest BCUT2D eigenvalue weighted by atomic mass is 32.2. The minimum Gasteiger partial charge on any atom is -0.335 e. The maximum atomic E-state index is 13.1. The van der Waals surface area contributed by atoms with Crippen LogP contribution in [0.5, 0.6) is 0 Å². The standard InChI is InChI=1S/C27H24N4O4S/c32-26(30-15-17-31(18-16-30)27(33)23-7-1-2-13-28-23)22-11-9-20(10-12-22)19-36(34,35)24-8-3-5-21-6-4-14-29-25(21)24/h1-14H,15-19H2. The number of carbonyl (C=O) groups excluding carboxylic acids is 2. The Bertz CT molecular complexity index is 1510. The predicted octanol–water partition coefficient (Wildman–Crippen LogP) is 3.20. The summed E-state index contributed by atoms with van der Waals surface area (Å²) in [4.78, 5) is 37.5. The largest absolute Gasteiger partial charge is 0.335 e. The van der Waals surface area contributed by atoms with E-state index in [0.29, 0.717) is 48.5 Å². The molecule has 0 atom stereocenters. The van der Waals surface area contributed by atoms with E-state index < -0.39 is 9.84 Å². The highest BCUT2D eigenvalue weighted by molar-refractivity contribution is 7.90. The van der Waals surface area contributed by atoms with Gasteiger partial charge in [-0.25, -0.2) is 8.42 Å². The average Bonchev–Trinajstić information content (AvgIpc) is 2.93. The summed E-state index contributed by atoms with van der Waals surface area (Å²) in [5.74, 6) is -0.479. The van der Waals surface area contributed by atoms with Crippen molar-refractivity contribution in [2.45, 2.75) is 10.6 Å². The number of pyridine rings is 2. The molecule has 9 heteroatoms. The van der Waals surface area contributed by atoms with Crippen LogP contribution >= 0.6 is 0 Å². The second kappa shape index (κ2) is 9.87. The first-order chi connectivity index (χ1) is 17.4. The van der Waals surface area contributed by atoms with Crippen molar-refractivity contribution in [3.05, 3.63) is 102 Å². The number of piperazine rings is 1. The Morgan fingerprint density at radius 2 is 1.39 bits per heavy atom. The fraction of sp³-hybridized carbons (Fsp3) is 0.185. The Morgan fingerprint density at radius 1 is 0.722 bits per heavy atom. The van der Waals surface area contributed by atoms with Crippen molar-refractivity contribution in [2.24, 2.45) is 0 Å². The van der Waals surface area contributed by atoms with Gasteiger partial charge in [-0.1, -0.05) is 36.4 Å². The van der Waals surface area contributed by atoms with E-state index in [1.54, 1.807) is 82.9 Å². The lowest BCUT2D eigenvalue weighted by molar-refractivity contribution is 0.0532. The van der Waals surface area contributed by atoms with Gasteiger partial charge in [-0.05, 0) is 42.0 Å². The van der Waals surface area contributed by atoms with Crippen molar-refractivity contribution in [2.75, 3.05) is 26.2 Å². The molecule has 8 nitrogen and oxygen atoms in total. The molecule has 182 valence electrons. The maximum Gasteiger partial charge on any atom is 0.272 e. The minimum atomic E-state index is -3.63. The molecule has 0 aliphatic carbocycles. The molecule has 0 radical (unpaired) electrons. The van der Waals surface area contributed by atoms with Crippen LogP contribution in [0.4, 0.5) is 0 Å². The lowest BCUT2D eigenvalue weighted by atomic mass is 10.1. The highest BCUT2D eigenvalue weighted by Gasteiger charge is 2.26. The second-order valence-electron chi connectivity index (χ2n) is 8.59. The summed E-state index contributed by atoms with van der Waals surface area (Å²) in [6, 6.07) is 20.6. The molecule has 36 heavy (non-hydrogen) atoms. The molecule has 1 fully saturated rings. The van der Waals surface area contributed by atoms with Crippen LogP contribution in [0.25, 0.3) is 10.9 Å². The number of sulfone groups is 1. The molecule has 2 aromatic carbocycles. The van der Waals surface area contributed by atoms with Crippen LogP contribution < -0.4 is 0 Å². The van der Waals surface area contributed by atoms with Crippen molar-refractivity contribution >= 4 is 32.6 Å². The van der Waals surface area contributed by atoms with E-state index in [-0.39, 0.29) is 22.5 Å². The predicted molar refractivity (Wildman–Crippen MR) is 135 cm³/mol. The van der Waals surface area contributed by atoms with Gasteiger partial charge in [0.15, 0.2) is 9.84 Å². The number of benzene rings is 2. The molecule has 2 amide bonds. The maximum absolute atomic E-state index is 13.1. The molecule has 2 aromatic heterocycles. The molecule has 0 N–H and O–H groups in total. The Kier molecular flexibility index (Phi) is 6.47. The molecule has 0 saturated carbocycles. The van der Waals surface area contributed by atoms with Gasteiger partial charge in [0, 0.05) is 49.5 Å². The second-order valence-corrected chi connectivity index (χ2v) is 10.5. The number of para-hydroxylation sites is 1. The fourth-order valence-corrected chi connectivity index (χ4v) is 5.85. The van der Waals surface area contributed by atoms with Crippen LogP contribution in [-0.2, 0) is 15.6 Å². The zero-order chi connectivity index (χ0) is 25.1. The van der Waals surface area contributed by atoms with E-state index in [2.05, 4.69) is 9.97 Å². The third-order valence-corrected chi connectivity index (χ3v) is 7.94. The van der Waals surface area contributed by atoms with Gasteiger partial charge in [-0.2, -0.15) is 0 Å². The average molecular weight is 501 g/mol. The van der Waals surface area contributed by atoms with Gasteiger partial charge in [-0.15, -0.1) is 0 Å². The highest BCUT2D eigenvalue weighted by Crippen LogP contribution is 2.24. The number of aromatic nitrogens is 2. The van der Waals surface area contributed by atoms with Crippen LogP contribution in [0.15, 0.2) is 90.1 Å². The number of nitrogens with zero attached hydrogens (tertiary/aromatic N) is 4. The van der Waals surface area contributed by atoms with E-state index in [1.807, 2.05) is 12.1 Å². The normalized spacial score (nSPS) is 14.1. The summed E-state index contributed by atoms with van der Waals surface area (Å²) in [6.07, 6.45) is 3.16. The zero-order valence-electron chi connectivity index (χ0n) is 19.4. The summed E-state index contributed by atoms with van der Waals surface area (Å²) in [5.41, 5.74) is 1.91. The van der Waals surface area contributed by atoms with Crippen LogP contribution in [0.1, 0.15) is 26.4 Å². The molecule has 0 unspecified atom stereocenters. The van der Waals surface area contributed by atoms with Crippen LogP contribution in [0.3, 0.4) is 0 Å². The molecule has 0 spiro atoms. The molecular weight excluding hydrogens is 476 g/mol. The van der Waals surface area contributed by atoms with Crippen molar-refractivity contribution < 1.29 is 18.0 Å². The smallest absolute Gasteiger partial charge is 0.272 e. The number of fused-ring (bicyclic) bond motifs is 1. The summed E-state index contributed by atoms with van der Waals surface area (Å²) < 4.78 is 26.2. The topological polar surface area (TPSA) is 101 Å². The van der Waals surface area contributed by atoms with E-state index >= 15 is 0 Å². The SMILES string of the molecule is O=C(c1ccc(CS(=O)(=O)c2cccc3cccnc23)cc1)N1CCN(C(=O)c2ccccn2)CC1. The molecule has 1 aliphatic rings. The quantitative estimate of drug-likeness (QED) is 0.417. The Hall–Kier alpha value is -4.11. The Balaban J connectivity index is 1.23. The van der Waals surface area contributed by atoms with Gasteiger partial charge in [-0.3, -0.25) is 19.6 Å². The van der Waals surface area contributed by atoms with E-state index in [0.717, 1.165) is 5.39 Å². The van der Waals surface area contributed by atoms with Crippen LogP contribution in [0, 0.1) is 0 Å². The number of rotatable bonds is 5. The van der Waals surface area contributed by atoms with Crippen molar-refractivity contribution in [1.82, 2.24) is 19.8 Å². The van der Waals surface area contributed by atoms with E-state index in [1.165, 1.54) is 0 Å². The van der Waals surface area contributed by atoms with Gasteiger partial charge in [0.2, 0.25) is 0 Å². The number of hydrogen-bond acceptors (Lipinski definition) is 6. The third-order valence-electron chi connectivity index (χ3n) is 6.23. The number of carbonyl (C=O) groups is 2. The van der Waals surface area contributed by atoms with Gasteiger partial charge in [0.25, 0.3) is 11.8 Å². The molecule has 1 aliphatic heterocycles.